The van der Waals surface area contributed by atoms with Crippen LogP contribution in [0.25, 0.3) is 0 Å². The molecule has 6 heteroatoms. The monoisotopic (exact) mass is 126 g/mol. The highest BCUT2D eigenvalue weighted by atomic mass is 15.4. The van der Waals surface area contributed by atoms with Gasteiger partial charge in [-0.25, -0.2) is 5.84 Å². The number of aromatic nitrogens is 4. The molecule has 9 heavy (non-hydrogen) atoms. The Morgan fingerprint density at radius 3 is 2.22 bits per heavy atom. The number of hydrogen-bond donors (Lipinski definition) is 2. The van der Waals surface area contributed by atoms with Crippen LogP contribution in [0.1, 0.15) is 5.82 Å². The van der Waals surface area contributed by atoms with E-state index in [0.717, 1.165) is 0 Å². The molecule has 0 radical (unpaired) electrons. The average molecular weight is 126 g/mol. The molecule has 0 saturated carbocycles. The molecule has 48 valence electrons. The van der Waals surface area contributed by atoms with Gasteiger partial charge in [0, 0.05) is 0 Å². The summed E-state index contributed by atoms with van der Waals surface area (Å²) in [5.74, 6) is 5.69. The van der Waals surface area contributed by atoms with Gasteiger partial charge in [-0.3, -0.25) is 5.43 Å². The lowest BCUT2D eigenvalue weighted by atomic mass is 10.8. The van der Waals surface area contributed by atoms with Gasteiger partial charge in [0.2, 0.25) is 0 Å². The van der Waals surface area contributed by atoms with Gasteiger partial charge in [-0.1, -0.05) is 0 Å². The van der Waals surface area contributed by atoms with E-state index in [9.17, 15) is 0 Å². The molecule has 0 saturated heterocycles. The van der Waals surface area contributed by atoms with Gasteiger partial charge in [0.25, 0.3) is 5.95 Å². The maximum absolute atomic E-state index is 4.94. The molecule has 0 spiro atoms. The number of hydrogen-bond acceptors (Lipinski definition) is 6. The van der Waals surface area contributed by atoms with Gasteiger partial charge < -0.3 is 0 Å². The molecule has 0 aliphatic rings. The molecule has 1 heterocycles. The number of nitrogens with zero attached hydrogens (tertiary/aromatic N) is 4. The molecule has 1 rings (SSSR count). The number of rotatable bonds is 1. The third kappa shape index (κ3) is 1.29. The Bertz CT molecular complexity index is 180. The van der Waals surface area contributed by atoms with Crippen molar-refractivity contribution in [1.82, 2.24) is 20.4 Å². The Hall–Kier alpha value is -1.30. The third-order valence-corrected chi connectivity index (χ3v) is 0.708. The first-order valence-electron chi connectivity index (χ1n) is 2.33. The lowest BCUT2D eigenvalue weighted by Gasteiger charge is -1.91. The van der Waals surface area contributed by atoms with Crippen LogP contribution in [0.3, 0.4) is 0 Å². The highest BCUT2D eigenvalue weighted by Crippen LogP contribution is 1.85. The highest BCUT2D eigenvalue weighted by Gasteiger charge is 1.90. The van der Waals surface area contributed by atoms with Crippen LogP contribution < -0.4 is 11.3 Å². The van der Waals surface area contributed by atoms with Crippen LogP contribution in [0.4, 0.5) is 5.95 Å². The second-order valence-corrected chi connectivity index (χ2v) is 1.42. The van der Waals surface area contributed by atoms with Crippen LogP contribution in [-0.2, 0) is 0 Å². The topological polar surface area (TPSA) is 89.6 Å². The predicted octanol–water partition coefficient (Wildman–Crippen LogP) is -1.14. The van der Waals surface area contributed by atoms with E-state index < -0.39 is 0 Å². The molecule has 0 bridgehead atoms. The van der Waals surface area contributed by atoms with Gasteiger partial charge in [-0.15, -0.1) is 20.4 Å². The molecule has 0 amide bonds. The Morgan fingerprint density at radius 2 is 1.78 bits per heavy atom. The molecular weight excluding hydrogens is 120 g/mol. The fourth-order valence-electron chi connectivity index (χ4n) is 0.337. The van der Waals surface area contributed by atoms with E-state index in [-0.39, 0.29) is 5.95 Å². The van der Waals surface area contributed by atoms with Crippen molar-refractivity contribution in [1.29, 1.82) is 0 Å². The van der Waals surface area contributed by atoms with E-state index in [1.54, 1.807) is 6.92 Å². The van der Waals surface area contributed by atoms with Crippen molar-refractivity contribution >= 4 is 5.95 Å². The summed E-state index contributed by atoms with van der Waals surface area (Å²) in [6, 6.07) is 0. The van der Waals surface area contributed by atoms with Crippen LogP contribution in [-0.4, -0.2) is 20.4 Å². The molecule has 0 atom stereocenters. The zero-order chi connectivity index (χ0) is 6.69. The van der Waals surface area contributed by atoms with E-state index in [1.807, 2.05) is 0 Å². The number of nitrogen functional groups attached to an aromatic ring is 1. The van der Waals surface area contributed by atoms with E-state index in [1.165, 1.54) is 0 Å². The zero-order valence-corrected chi connectivity index (χ0v) is 4.87. The third-order valence-electron chi connectivity index (χ3n) is 0.708. The first kappa shape index (κ1) is 5.83. The second-order valence-electron chi connectivity index (χ2n) is 1.42. The smallest absolute Gasteiger partial charge is 0.276 e. The number of hydrazine groups is 1. The van der Waals surface area contributed by atoms with Crippen LogP contribution >= 0.6 is 0 Å². The largest absolute Gasteiger partial charge is 0.290 e. The molecule has 0 aromatic carbocycles. The van der Waals surface area contributed by atoms with Crippen molar-refractivity contribution in [2.45, 2.75) is 6.92 Å². The summed E-state index contributed by atoms with van der Waals surface area (Å²) >= 11 is 0. The van der Waals surface area contributed by atoms with Gasteiger partial charge >= 0.3 is 0 Å². The van der Waals surface area contributed by atoms with E-state index in [2.05, 4.69) is 25.8 Å². The Labute approximate surface area is 51.5 Å². The van der Waals surface area contributed by atoms with Gasteiger partial charge in [0.05, 0.1) is 0 Å². The number of aryl methyl sites for hydroxylation is 1. The quantitative estimate of drug-likeness (QED) is 0.365. The van der Waals surface area contributed by atoms with Gasteiger partial charge in [-0.05, 0) is 6.92 Å². The molecule has 3 N–H and O–H groups in total. The van der Waals surface area contributed by atoms with Crippen molar-refractivity contribution in [2.75, 3.05) is 5.43 Å². The van der Waals surface area contributed by atoms with Gasteiger partial charge in [0.15, 0.2) is 5.82 Å². The summed E-state index contributed by atoms with van der Waals surface area (Å²) in [5, 5.41) is 14.2. The fraction of sp³-hybridized carbons (Fsp3) is 0.333. The first-order valence-corrected chi connectivity index (χ1v) is 2.33. The minimum absolute atomic E-state index is 0.223. The van der Waals surface area contributed by atoms with Gasteiger partial charge in [-0.2, -0.15) is 0 Å². The van der Waals surface area contributed by atoms with Gasteiger partial charge in [0.1, 0.15) is 0 Å². The van der Waals surface area contributed by atoms with Crippen molar-refractivity contribution < 1.29 is 0 Å². The van der Waals surface area contributed by atoms with Crippen LogP contribution in [0.2, 0.25) is 0 Å². The Morgan fingerprint density at radius 1 is 1.22 bits per heavy atom. The SMILES string of the molecule is Cc1nnc(NN)nn1. The zero-order valence-electron chi connectivity index (χ0n) is 4.87. The maximum atomic E-state index is 4.94. The summed E-state index contributed by atoms with van der Waals surface area (Å²) in [7, 11) is 0. The Balaban J connectivity index is 2.88. The minimum atomic E-state index is 0.223. The van der Waals surface area contributed by atoms with Crippen molar-refractivity contribution in [3.8, 4) is 0 Å². The average Bonchev–Trinajstić information content (AvgIpc) is 1.90. The summed E-state index contributed by atoms with van der Waals surface area (Å²) in [4.78, 5) is 0. The molecule has 1 aromatic rings. The van der Waals surface area contributed by atoms with Crippen molar-refractivity contribution in [3.05, 3.63) is 5.82 Å². The second kappa shape index (κ2) is 2.31. The number of nitrogens with one attached hydrogen (secondary N) is 1. The fourth-order valence-corrected chi connectivity index (χ4v) is 0.337. The Kier molecular flexibility index (Phi) is 1.50. The number of anilines is 1. The number of nitrogens with two attached hydrogens (primary N) is 1. The molecule has 0 unspecified atom stereocenters. The first-order chi connectivity index (χ1) is 4.33. The lowest BCUT2D eigenvalue weighted by molar-refractivity contribution is 0.809. The molecule has 1 aromatic heterocycles. The van der Waals surface area contributed by atoms with Crippen LogP contribution in [0.15, 0.2) is 0 Å². The van der Waals surface area contributed by atoms with E-state index >= 15 is 0 Å². The summed E-state index contributed by atoms with van der Waals surface area (Å²) < 4.78 is 0. The molecular formula is C3H6N6. The van der Waals surface area contributed by atoms with Crippen molar-refractivity contribution in [2.24, 2.45) is 5.84 Å². The summed E-state index contributed by atoms with van der Waals surface area (Å²) in [6.45, 7) is 1.69. The summed E-state index contributed by atoms with van der Waals surface area (Å²) in [5.41, 5.74) is 2.21. The standard InChI is InChI=1S/C3H6N6/c1-2-6-8-3(5-4)9-7-2/h4H2,1H3,(H,5,8,9). The maximum Gasteiger partial charge on any atom is 0.276 e. The normalized spacial score (nSPS) is 9.11. The molecule has 0 aliphatic carbocycles. The predicted molar refractivity (Wildman–Crippen MR) is 30.2 cm³/mol. The van der Waals surface area contributed by atoms with E-state index in [0.29, 0.717) is 5.82 Å². The summed E-state index contributed by atoms with van der Waals surface area (Å²) in [6.07, 6.45) is 0. The lowest BCUT2D eigenvalue weighted by Crippen LogP contribution is -2.12. The molecule has 6 nitrogen and oxygen atoms in total. The highest BCUT2D eigenvalue weighted by molar-refractivity contribution is 5.14. The van der Waals surface area contributed by atoms with Crippen LogP contribution in [0.5, 0.6) is 0 Å². The van der Waals surface area contributed by atoms with Crippen LogP contribution in [0, 0.1) is 6.92 Å². The van der Waals surface area contributed by atoms with Crippen molar-refractivity contribution in [3.63, 3.8) is 0 Å². The molecule has 0 fully saturated rings. The van der Waals surface area contributed by atoms with E-state index in [4.69, 9.17) is 5.84 Å². The minimum Gasteiger partial charge on any atom is -0.290 e. The molecule has 0 aliphatic heterocycles.